The van der Waals surface area contributed by atoms with E-state index in [1.165, 1.54) is 37.2 Å². The van der Waals surface area contributed by atoms with Crippen LogP contribution >= 0.6 is 11.8 Å². The molecule has 0 amide bonds. The number of ether oxygens (including phenoxy) is 1. The zero-order valence-corrected chi connectivity index (χ0v) is 12.1. The van der Waals surface area contributed by atoms with Crippen LogP contribution in [0.25, 0.3) is 0 Å². The van der Waals surface area contributed by atoms with Crippen molar-refractivity contribution >= 4 is 11.8 Å². The number of rotatable bonds is 3. The summed E-state index contributed by atoms with van der Waals surface area (Å²) in [6, 6.07) is 0. The van der Waals surface area contributed by atoms with Gasteiger partial charge in [0, 0.05) is 6.61 Å². The van der Waals surface area contributed by atoms with E-state index in [9.17, 15) is 0 Å². The molecule has 17 heavy (non-hydrogen) atoms. The maximum atomic E-state index is 6.16. The molecule has 2 aliphatic heterocycles. The van der Waals surface area contributed by atoms with Crippen molar-refractivity contribution in [1.82, 2.24) is 0 Å². The van der Waals surface area contributed by atoms with Crippen molar-refractivity contribution in [2.45, 2.75) is 45.1 Å². The van der Waals surface area contributed by atoms with Crippen LogP contribution in [0.1, 0.15) is 39.5 Å². The minimum Gasteiger partial charge on any atom is -0.375 e. The smallest absolute Gasteiger partial charge is 0.0701 e. The number of nitrogens with two attached hydrogens (primary N) is 1. The van der Waals surface area contributed by atoms with Gasteiger partial charge in [0.25, 0.3) is 0 Å². The van der Waals surface area contributed by atoms with Gasteiger partial charge in [0.15, 0.2) is 0 Å². The van der Waals surface area contributed by atoms with Gasteiger partial charge in [0.2, 0.25) is 0 Å². The topological polar surface area (TPSA) is 35.2 Å². The van der Waals surface area contributed by atoms with E-state index in [2.05, 4.69) is 25.6 Å². The lowest BCUT2D eigenvalue weighted by atomic mass is 9.73. The standard InChI is InChI=1S/C14H27NOS/c1-11(10-15)12(2)13-3-6-16-14(9-13)4-7-17-8-5-14/h11-13H,3-10,15H2,1-2H3. The molecule has 2 nitrogen and oxygen atoms in total. The summed E-state index contributed by atoms with van der Waals surface area (Å²) < 4.78 is 6.16. The van der Waals surface area contributed by atoms with E-state index in [0.29, 0.717) is 5.92 Å². The Balaban J connectivity index is 1.96. The summed E-state index contributed by atoms with van der Waals surface area (Å²) in [5.41, 5.74) is 6.05. The van der Waals surface area contributed by atoms with Crippen molar-refractivity contribution in [2.75, 3.05) is 24.7 Å². The third kappa shape index (κ3) is 3.18. The summed E-state index contributed by atoms with van der Waals surface area (Å²) in [6.07, 6.45) is 5.04. The van der Waals surface area contributed by atoms with Gasteiger partial charge in [-0.2, -0.15) is 11.8 Å². The summed E-state index contributed by atoms with van der Waals surface area (Å²) >= 11 is 2.08. The van der Waals surface area contributed by atoms with Gasteiger partial charge in [-0.05, 0) is 61.5 Å². The Bertz CT molecular complexity index is 235. The van der Waals surface area contributed by atoms with Crippen LogP contribution in [0.5, 0.6) is 0 Å². The summed E-state index contributed by atoms with van der Waals surface area (Å²) in [5.74, 6) is 4.79. The summed E-state index contributed by atoms with van der Waals surface area (Å²) in [4.78, 5) is 0. The van der Waals surface area contributed by atoms with Gasteiger partial charge in [0.1, 0.15) is 0 Å². The van der Waals surface area contributed by atoms with Crippen molar-refractivity contribution < 1.29 is 4.74 Å². The monoisotopic (exact) mass is 257 g/mol. The van der Waals surface area contributed by atoms with Crippen LogP contribution in [0.4, 0.5) is 0 Å². The predicted molar refractivity (Wildman–Crippen MR) is 75.3 cm³/mol. The lowest BCUT2D eigenvalue weighted by molar-refractivity contribution is -0.112. The average Bonchev–Trinajstić information content (AvgIpc) is 2.38. The van der Waals surface area contributed by atoms with E-state index in [-0.39, 0.29) is 5.60 Å². The Kier molecular flexibility index (Phi) is 4.79. The van der Waals surface area contributed by atoms with Gasteiger partial charge in [-0.3, -0.25) is 0 Å². The number of hydrogen-bond acceptors (Lipinski definition) is 3. The second-order valence-electron chi connectivity index (χ2n) is 5.97. The zero-order chi connectivity index (χ0) is 12.3. The van der Waals surface area contributed by atoms with Gasteiger partial charge in [-0.1, -0.05) is 13.8 Å². The molecule has 2 heterocycles. The number of thioether (sulfide) groups is 1. The molecule has 0 aliphatic carbocycles. The highest BCUT2D eigenvalue weighted by molar-refractivity contribution is 7.99. The second kappa shape index (κ2) is 5.94. The molecular weight excluding hydrogens is 230 g/mol. The molecule has 100 valence electrons. The SMILES string of the molecule is CC(CN)C(C)C1CCOC2(CCSCC2)C1. The lowest BCUT2D eigenvalue weighted by Gasteiger charge is -2.45. The van der Waals surface area contributed by atoms with Gasteiger partial charge >= 0.3 is 0 Å². The minimum atomic E-state index is 0.233. The van der Waals surface area contributed by atoms with Crippen molar-refractivity contribution in [3.05, 3.63) is 0 Å². The Morgan fingerprint density at radius 2 is 2.06 bits per heavy atom. The fraction of sp³-hybridized carbons (Fsp3) is 1.00. The molecule has 0 saturated carbocycles. The van der Waals surface area contributed by atoms with E-state index in [1.807, 2.05) is 0 Å². The van der Waals surface area contributed by atoms with Crippen molar-refractivity contribution in [3.63, 3.8) is 0 Å². The first kappa shape index (κ1) is 13.7. The molecule has 1 spiro atoms. The van der Waals surface area contributed by atoms with E-state index < -0.39 is 0 Å². The highest BCUT2D eigenvalue weighted by Gasteiger charge is 2.40. The summed E-state index contributed by atoms with van der Waals surface area (Å²) in [7, 11) is 0. The van der Waals surface area contributed by atoms with Crippen LogP contribution in [0.15, 0.2) is 0 Å². The third-order valence-corrected chi connectivity index (χ3v) is 5.93. The second-order valence-corrected chi connectivity index (χ2v) is 7.19. The molecule has 0 aromatic rings. The molecule has 2 rings (SSSR count). The predicted octanol–water partition coefficient (Wildman–Crippen LogP) is 2.91. The molecule has 3 heteroatoms. The van der Waals surface area contributed by atoms with E-state index in [1.54, 1.807) is 0 Å². The van der Waals surface area contributed by atoms with Crippen molar-refractivity contribution in [3.8, 4) is 0 Å². The summed E-state index contributed by atoms with van der Waals surface area (Å²) in [6.45, 7) is 6.47. The molecule has 2 N–H and O–H groups in total. The quantitative estimate of drug-likeness (QED) is 0.844. The van der Waals surface area contributed by atoms with E-state index in [4.69, 9.17) is 10.5 Å². The molecule has 0 radical (unpaired) electrons. The van der Waals surface area contributed by atoms with Crippen LogP contribution in [0.3, 0.4) is 0 Å². The Morgan fingerprint density at radius 3 is 2.71 bits per heavy atom. The third-order valence-electron chi connectivity index (χ3n) is 4.95. The first-order valence-corrected chi connectivity index (χ1v) is 8.24. The first-order chi connectivity index (χ1) is 8.17. The fourth-order valence-electron chi connectivity index (χ4n) is 3.29. The molecular formula is C14H27NOS. The van der Waals surface area contributed by atoms with Crippen LogP contribution in [0, 0.1) is 17.8 Å². The first-order valence-electron chi connectivity index (χ1n) is 7.09. The van der Waals surface area contributed by atoms with E-state index in [0.717, 1.165) is 25.0 Å². The zero-order valence-electron chi connectivity index (χ0n) is 11.3. The minimum absolute atomic E-state index is 0.233. The average molecular weight is 257 g/mol. The number of hydrogen-bond donors (Lipinski definition) is 1. The van der Waals surface area contributed by atoms with Gasteiger partial charge in [-0.15, -0.1) is 0 Å². The van der Waals surface area contributed by atoms with E-state index >= 15 is 0 Å². The molecule has 2 fully saturated rings. The Hall–Kier alpha value is 0.270. The van der Waals surface area contributed by atoms with Crippen LogP contribution in [-0.2, 0) is 4.74 Å². The van der Waals surface area contributed by atoms with Crippen LogP contribution < -0.4 is 5.73 Å². The molecule has 2 aliphatic rings. The van der Waals surface area contributed by atoms with Gasteiger partial charge in [0.05, 0.1) is 5.60 Å². The Morgan fingerprint density at radius 1 is 1.35 bits per heavy atom. The lowest BCUT2D eigenvalue weighted by Crippen LogP contribution is -2.45. The normalized spacial score (nSPS) is 32.3. The maximum absolute atomic E-state index is 6.16. The largest absolute Gasteiger partial charge is 0.375 e. The molecule has 2 saturated heterocycles. The molecule has 0 bridgehead atoms. The molecule has 3 unspecified atom stereocenters. The van der Waals surface area contributed by atoms with Crippen LogP contribution in [0.2, 0.25) is 0 Å². The van der Waals surface area contributed by atoms with Gasteiger partial charge < -0.3 is 10.5 Å². The fourth-order valence-corrected chi connectivity index (χ4v) is 4.52. The Labute approximate surface area is 110 Å². The highest BCUT2D eigenvalue weighted by Crippen LogP contribution is 2.43. The van der Waals surface area contributed by atoms with Gasteiger partial charge in [-0.25, -0.2) is 0 Å². The van der Waals surface area contributed by atoms with Crippen molar-refractivity contribution in [2.24, 2.45) is 23.5 Å². The van der Waals surface area contributed by atoms with Crippen molar-refractivity contribution in [1.29, 1.82) is 0 Å². The molecule has 3 atom stereocenters. The molecule has 0 aromatic heterocycles. The van der Waals surface area contributed by atoms with Crippen LogP contribution in [-0.4, -0.2) is 30.3 Å². The summed E-state index contributed by atoms with van der Waals surface area (Å²) in [5, 5.41) is 0. The highest BCUT2D eigenvalue weighted by atomic mass is 32.2. The maximum Gasteiger partial charge on any atom is 0.0701 e. The molecule has 0 aromatic carbocycles.